The maximum absolute atomic E-state index is 6.20. The predicted octanol–water partition coefficient (Wildman–Crippen LogP) is 2.31. The van der Waals surface area contributed by atoms with Gasteiger partial charge in [-0.25, -0.2) is 4.98 Å². The van der Waals surface area contributed by atoms with Crippen molar-refractivity contribution in [1.29, 1.82) is 0 Å². The number of rotatable bonds is 1. The summed E-state index contributed by atoms with van der Waals surface area (Å²) in [5, 5.41) is 4.09. The second kappa shape index (κ2) is 3.92. The molecule has 0 saturated carbocycles. The van der Waals surface area contributed by atoms with Crippen LogP contribution in [0.5, 0.6) is 0 Å². The number of nitrogens with zero attached hydrogens (tertiary/aromatic N) is 2. The molecule has 2 aromatic rings. The van der Waals surface area contributed by atoms with E-state index in [-0.39, 0.29) is 0 Å². The molecule has 0 radical (unpaired) electrons. The summed E-state index contributed by atoms with van der Waals surface area (Å²) in [6.45, 7) is 2.78. The Morgan fingerprint density at radius 1 is 1.31 bits per heavy atom. The predicted molar refractivity (Wildman–Crippen MR) is 64.4 cm³/mol. The van der Waals surface area contributed by atoms with E-state index in [2.05, 4.69) is 14.9 Å². The molecule has 4 heteroatoms. The number of benzene rings is 1. The molecule has 0 bridgehead atoms. The van der Waals surface area contributed by atoms with Gasteiger partial charge in [0.2, 0.25) is 0 Å². The van der Waals surface area contributed by atoms with Crippen LogP contribution in [0.1, 0.15) is 5.82 Å². The summed E-state index contributed by atoms with van der Waals surface area (Å²) in [7, 11) is 0. The van der Waals surface area contributed by atoms with Crippen LogP contribution in [-0.4, -0.2) is 16.1 Å². The lowest BCUT2D eigenvalue weighted by atomic mass is 10.1. The summed E-state index contributed by atoms with van der Waals surface area (Å²) in [5.41, 5.74) is 2.17. The highest BCUT2D eigenvalue weighted by Crippen LogP contribution is 2.28. The van der Waals surface area contributed by atoms with Crippen molar-refractivity contribution in [3.8, 4) is 11.3 Å². The third-order valence-electron chi connectivity index (χ3n) is 2.88. The second-order valence-corrected chi connectivity index (χ2v) is 4.28. The number of hydrogen-bond acceptors (Lipinski definition) is 2. The summed E-state index contributed by atoms with van der Waals surface area (Å²) in [6.07, 6.45) is 1.91. The first-order valence-corrected chi connectivity index (χ1v) is 5.74. The van der Waals surface area contributed by atoms with E-state index in [0.29, 0.717) is 0 Å². The Bertz CT molecular complexity index is 519. The van der Waals surface area contributed by atoms with Crippen molar-refractivity contribution < 1.29 is 0 Å². The number of fused-ring (bicyclic) bond motifs is 1. The van der Waals surface area contributed by atoms with Crippen LogP contribution in [0.2, 0.25) is 5.02 Å². The van der Waals surface area contributed by atoms with Crippen LogP contribution in [0.15, 0.2) is 30.5 Å². The summed E-state index contributed by atoms with van der Waals surface area (Å²) >= 11 is 6.20. The van der Waals surface area contributed by atoms with Gasteiger partial charge in [0.25, 0.3) is 0 Å². The summed E-state index contributed by atoms with van der Waals surface area (Å²) in [4.78, 5) is 4.42. The number of imidazole rings is 1. The van der Waals surface area contributed by atoms with Crippen molar-refractivity contribution in [2.75, 3.05) is 6.54 Å². The summed E-state index contributed by atoms with van der Waals surface area (Å²) in [5.74, 6) is 1.08. The fourth-order valence-corrected chi connectivity index (χ4v) is 2.31. The normalized spacial score (nSPS) is 14.8. The molecule has 3 nitrogen and oxygen atoms in total. The average molecular weight is 234 g/mol. The third-order valence-corrected chi connectivity index (χ3v) is 3.21. The molecule has 0 spiro atoms. The number of aromatic nitrogens is 2. The van der Waals surface area contributed by atoms with Crippen LogP contribution in [0.3, 0.4) is 0 Å². The van der Waals surface area contributed by atoms with E-state index in [1.165, 1.54) is 0 Å². The molecule has 0 fully saturated rings. The van der Waals surface area contributed by atoms with Crippen LogP contribution < -0.4 is 5.32 Å². The first kappa shape index (κ1) is 9.87. The van der Waals surface area contributed by atoms with Gasteiger partial charge in [-0.05, 0) is 6.07 Å². The van der Waals surface area contributed by atoms with Crippen molar-refractivity contribution in [2.24, 2.45) is 0 Å². The molecule has 3 rings (SSSR count). The average Bonchev–Trinajstić information content (AvgIpc) is 2.74. The first-order chi connectivity index (χ1) is 7.86. The van der Waals surface area contributed by atoms with Gasteiger partial charge in [-0.1, -0.05) is 29.8 Å². The lowest BCUT2D eigenvalue weighted by Gasteiger charge is -2.17. The van der Waals surface area contributed by atoms with Gasteiger partial charge in [-0.15, -0.1) is 0 Å². The Kier molecular flexibility index (Phi) is 2.42. The second-order valence-electron chi connectivity index (χ2n) is 3.87. The standard InChI is InChI=1S/C12H12ClN3/c13-10-4-2-1-3-9(10)11-7-15-12-8-14-5-6-16(11)12/h1-4,7,14H,5-6,8H2. The van der Waals surface area contributed by atoms with E-state index in [0.717, 1.165) is 41.7 Å². The fourth-order valence-electron chi connectivity index (χ4n) is 2.08. The van der Waals surface area contributed by atoms with Gasteiger partial charge >= 0.3 is 0 Å². The molecule has 0 saturated heterocycles. The van der Waals surface area contributed by atoms with Gasteiger partial charge in [-0.2, -0.15) is 0 Å². The van der Waals surface area contributed by atoms with Crippen LogP contribution in [-0.2, 0) is 13.1 Å². The molecule has 82 valence electrons. The molecule has 0 aliphatic carbocycles. The maximum atomic E-state index is 6.20. The van der Waals surface area contributed by atoms with E-state index >= 15 is 0 Å². The molecule has 16 heavy (non-hydrogen) atoms. The van der Waals surface area contributed by atoms with E-state index in [1.54, 1.807) is 0 Å². The number of nitrogens with one attached hydrogen (secondary N) is 1. The Balaban J connectivity index is 2.13. The van der Waals surface area contributed by atoms with Gasteiger partial charge in [0.15, 0.2) is 0 Å². The number of halogens is 1. The van der Waals surface area contributed by atoms with Crippen LogP contribution in [0.4, 0.5) is 0 Å². The Labute approximate surface area is 99.1 Å². The largest absolute Gasteiger partial charge is 0.326 e. The van der Waals surface area contributed by atoms with Crippen molar-refractivity contribution in [1.82, 2.24) is 14.9 Å². The maximum Gasteiger partial charge on any atom is 0.123 e. The van der Waals surface area contributed by atoms with Crippen molar-refractivity contribution >= 4 is 11.6 Å². The topological polar surface area (TPSA) is 29.9 Å². The van der Waals surface area contributed by atoms with Gasteiger partial charge in [0.05, 0.1) is 18.4 Å². The lowest BCUT2D eigenvalue weighted by Crippen LogP contribution is -2.28. The molecule has 1 aliphatic heterocycles. The highest BCUT2D eigenvalue weighted by Gasteiger charge is 2.15. The van der Waals surface area contributed by atoms with Gasteiger partial charge in [-0.3, -0.25) is 0 Å². The molecule has 1 aromatic carbocycles. The zero-order valence-corrected chi connectivity index (χ0v) is 9.54. The van der Waals surface area contributed by atoms with Crippen LogP contribution >= 0.6 is 11.6 Å². The fraction of sp³-hybridized carbons (Fsp3) is 0.250. The highest BCUT2D eigenvalue weighted by atomic mass is 35.5. The molecule has 0 amide bonds. The van der Waals surface area contributed by atoms with Gasteiger partial charge in [0, 0.05) is 23.7 Å². The molecule has 2 heterocycles. The Morgan fingerprint density at radius 3 is 3.06 bits per heavy atom. The van der Waals surface area contributed by atoms with E-state index in [1.807, 2.05) is 30.5 Å². The zero-order valence-electron chi connectivity index (χ0n) is 8.78. The molecular formula is C12H12ClN3. The minimum Gasteiger partial charge on any atom is -0.326 e. The minimum atomic E-state index is 0.781. The quantitative estimate of drug-likeness (QED) is 0.819. The summed E-state index contributed by atoms with van der Waals surface area (Å²) < 4.78 is 2.23. The van der Waals surface area contributed by atoms with Crippen molar-refractivity contribution in [2.45, 2.75) is 13.1 Å². The molecule has 1 N–H and O–H groups in total. The van der Waals surface area contributed by atoms with Crippen LogP contribution in [0.25, 0.3) is 11.3 Å². The molecule has 1 aromatic heterocycles. The molecule has 0 unspecified atom stereocenters. The smallest absolute Gasteiger partial charge is 0.123 e. The SMILES string of the molecule is Clc1ccccc1-c1cnc2n1CCNC2. The van der Waals surface area contributed by atoms with E-state index in [9.17, 15) is 0 Å². The van der Waals surface area contributed by atoms with E-state index in [4.69, 9.17) is 11.6 Å². The van der Waals surface area contributed by atoms with E-state index < -0.39 is 0 Å². The third kappa shape index (κ3) is 1.52. The van der Waals surface area contributed by atoms with Crippen LogP contribution in [0, 0.1) is 0 Å². The zero-order chi connectivity index (χ0) is 11.0. The Hall–Kier alpha value is -1.32. The van der Waals surface area contributed by atoms with Gasteiger partial charge in [0.1, 0.15) is 5.82 Å². The number of hydrogen-bond donors (Lipinski definition) is 1. The first-order valence-electron chi connectivity index (χ1n) is 5.36. The minimum absolute atomic E-state index is 0.781. The van der Waals surface area contributed by atoms with Gasteiger partial charge < -0.3 is 9.88 Å². The molecule has 0 atom stereocenters. The lowest BCUT2D eigenvalue weighted by molar-refractivity contribution is 0.508. The molecule has 1 aliphatic rings. The van der Waals surface area contributed by atoms with Crippen molar-refractivity contribution in [3.05, 3.63) is 41.3 Å². The highest BCUT2D eigenvalue weighted by molar-refractivity contribution is 6.33. The molecular weight excluding hydrogens is 222 g/mol. The van der Waals surface area contributed by atoms with Crippen molar-refractivity contribution in [3.63, 3.8) is 0 Å². The Morgan fingerprint density at radius 2 is 2.19 bits per heavy atom. The monoisotopic (exact) mass is 233 g/mol. The summed E-state index contributed by atoms with van der Waals surface area (Å²) in [6, 6.07) is 7.90.